The van der Waals surface area contributed by atoms with Crippen molar-refractivity contribution in [2.75, 3.05) is 52.8 Å². The van der Waals surface area contributed by atoms with Gasteiger partial charge in [-0.2, -0.15) is 0 Å². The molecule has 9 nitrogen and oxygen atoms in total. The minimum Gasteiger partial charge on any atom is -0.441 e. The molecule has 0 aromatic rings. The Kier molecular flexibility index (Phi) is 8.43. The Balaban J connectivity index is 1.86. The second kappa shape index (κ2) is 10.2. The van der Waals surface area contributed by atoms with E-state index in [-0.39, 0.29) is 33.0 Å². The van der Waals surface area contributed by atoms with Crippen LogP contribution in [-0.2, 0) is 23.7 Å². The topological polar surface area (TPSA) is 113 Å². The van der Waals surface area contributed by atoms with Crippen LogP contribution < -0.4 is 5.32 Å². The highest BCUT2D eigenvalue weighted by atomic mass is 16.7. The van der Waals surface area contributed by atoms with Crippen molar-refractivity contribution in [3.8, 4) is 0 Å². The van der Waals surface area contributed by atoms with Crippen molar-refractivity contribution in [3.05, 3.63) is 0 Å². The van der Waals surface area contributed by atoms with Crippen molar-refractivity contribution in [2.24, 2.45) is 0 Å². The van der Waals surface area contributed by atoms with Crippen molar-refractivity contribution < 1.29 is 38.4 Å². The zero-order valence-corrected chi connectivity index (χ0v) is 11.0. The number of nitrogens with one attached hydrogen (secondary N) is 1. The number of hydrogen-bond donors (Lipinski definition) is 2. The number of ether oxygens (including phenoxy) is 5. The van der Waals surface area contributed by atoms with Crippen LogP contribution in [0, 0.1) is 0 Å². The van der Waals surface area contributed by atoms with E-state index in [4.69, 9.17) is 28.8 Å². The van der Waals surface area contributed by atoms with Crippen LogP contribution in [0.3, 0.4) is 0 Å². The fourth-order valence-electron chi connectivity index (χ4n) is 1.30. The van der Waals surface area contributed by atoms with Crippen LogP contribution in [0.4, 0.5) is 9.59 Å². The molecule has 1 aliphatic heterocycles. The van der Waals surface area contributed by atoms with Crippen molar-refractivity contribution in [3.63, 3.8) is 0 Å². The van der Waals surface area contributed by atoms with E-state index in [9.17, 15) is 9.59 Å². The zero-order valence-electron chi connectivity index (χ0n) is 11.0. The lowest BCUT2D eigenvalue weighted by atomic mass is 10.4. The molecular formula is C11H19NO8. The third-order valence-corrected chi connectivity index (χ3v) is 2.19. The second-order valence-corrected chi connectivity index (χ2v) is 3.77. The Morgan fingerprint density at radius 2 is 1.90 bits per heavy atom. The van der Waals surface area contributed by atoms with Gasteiger partial charge in [0.05, 0.1) is 39.6 Å². The first-order valence-corrected chi connectivity index (χ1v) is 6.22. The van der Waals surface area contributed by atoms with E-state index in [0.29, 0.717) is 19.8 Å². The van der Waals surface area contributed by atoms with E-state index >= 15 is 0 Å². The van der Waals surface area contributed by atoms with Gasteiger partial charge >= 0.3 is 12.2 Å². The molecule has 20 heavy (non-hydrogen) atoms. The number of carbonyl (C=O) groups is 2. The van der Waals surface area contributed by atoms with Gasteiger partial charge in [0.15, 0.2) is 6.10 Å². The van der Waals surface area contributed by atoms with Crippen molar-refractivity contribution >= 4 is 12.2 Å². The molecule has 0 radical (unpaired) electrons. The Morgan fingerprint density at radius 3 is 2.55 bits per heavy atom. The Bertz CT molecular complexity index is 298. The largest absolute Gasteiger partial charge is 0.508 e. The van der Waals surface area contributed by atoms with Crippen molar-refractivity contribution in [2.45, 2.75) is 6.10 Å². The molecule has 9 heteroatoms. The number of alkyl carbamates (subject to hydrolysis) is 1. The molecule has 0 aliphatic carbocycles. The lowest BCUT2D eigenvalue weighted by Gasteiger charge is -2.09. The van der Waals surface area contributed by atoms with Gasteiger partial charge < -0.3 is 34.1 Å². The van der Waals surface area contributed by atoms with Gasteiger partial charge in [0.1, 0.15) is 13.2 Å². The number of hydrogen-bond acceptors (Lipinski definition) is 8. The van der Waals surface area contributed by atoms with E-state index in [1.54, 1.807) is 0 Å². The van der Waals surface area contributed by atoms with Gasteiger partial charge in [0, 0.05) is 0 Å². The van der Waals surface area contributed by atoms with Gasteiger partial charge in [-0.05, 0) is 0 Å². The third kappa shape index (κ3) is 7.77. The standard InChI is InChI=1S/C11H19NO8/c13-1-2-16-3-4-17-5-6-18-11(15)19-8-9-7-12-10(14)20-9/h9,13H,1-8H2,(H,12,14)/t9-/m0/s1. The number of rotatable bonds is 10. The van der Waals surface area contributed by atoms with Gasteiger partial charge in [-0.25, -0.2) is 9.59 Å². The summed E-state index contributed by atoms with van der Waals surface area (Å²) in [4.78, 5) is 21.8. The number of aliphatic hydroxyl groups is 1. The minimum absolute atomic E-state index is 0.0270. The Morgan fingerprint density at radius 1 is 1.20 bits per heavy atom. The van der Waals surface area contributed by atoms with E-state index in [1.165, 1.54) is 0 Å². The van der Waals surface area contributed by atoms with E-state index in [0.717, 1.165) is 0 Å². The molecule has 116 valence electrons. The second-order valence-electron chi connectivity index (χ2n) is 3.77. The first kappa shape index (κ1) is 16.5. The molecule has 0 bridgehead atoms. The Labute approximate surface area is 116 Å². The lowest BCUT2D eigenvalue weighted by Crippen LogP contribution is -2.23. The van der Waals surface area contributed by atoms with Gasteiger partial charge in [-0.1, -0.05) is 0 Å². The summed E-state index contributed by atoms with van der Waals surface area (Å²) >= 11 is 0. The van der Waals surface area contributed by atoms with Crippen LogP contribution in [0.5, 0.6) is 0 Å². The zero-order chi connectivity index (χ0) is 14.6. The maximum atomic E-state index is 11.1. The number of cyclic esters (lactones) is 1. The monoisotopic (exact) mass is 293 g/mol. The lowest BCUT2D eigenvalue weighted by molar-refractivity contribution is -0.00428. The van der Waals surface area contributed by atoms with Crippen LogP contribution >= 0.6 is 0 Å². The summed E-state index contributed by atoms with van der Waals surface area (Å²) in [6.45, 7) is 1.50. The number of aliphatic hydroxyl groups excluding tert-OH is 1. The molecule has 1 rings (SSSR count). The molecular weight excluding hydrogens is 274 g/mol. The van der Waals surface area contributed by atoms with Crippen LogP contribution in [0.1, 0.15) is 0 Å². The molecule has 0 aromatic heterocycles. The molecule has 0 spiro atoms. The summed E-state index contributed by atoms with van der Waals surface area (Å²) in [7, 11) is 0. The predicted octanol–water partition coefficient (Wildman–Crippen LogP) is -0.726. The highest BCUT2D eigenvalue weighted by molar-refractivity contribution is 5.69. The maximum Gasteiger partial charge on any atom is 0.508 e. The summed E-state index contributed by atoms with van der Waals surface area (Å²) in [5.74, 6) is 0. The summed E-state index contributed by atoms with van der Waals surface area (Å²) in [6.07, 6.45) is -1.84. The summed E-state index contributed by atoms with van der Waals surface area (Å²) in [5, 5.41) is 10.9. The molecule has 1 saturated heterocycles. The summed E-state index contributed by atoms with van der Waals surface area (Å²) in [5.41, 5.74) is 0. The predicted molar refractivity (Wildman–Crippen MR) is 64.3 cm³/mol. The van der Waals surface area contributed by atoms with Crippen LogP contribution in [0.25, 0.3) is 0 Å². The van der Waals surface area contributed by atoms with Gasteiger partial charge in [0.25, 0.3) is 0 Å². The third-order valence-electron chi connectivity index (χ3n) is 2.19. The molecule has 1 amide bonds. The highest BCUT2D eigenvalue weighted by Crippen LogP contribution is 2.01. The normalized spacial score (nSPS) is 17.4. The molecule has 0 aromatic carbocycles. The van der Waals surface area contributed by atoms with Crippen LogP contribution in [0.2, 0.25) is 0 Å². The molecule has 0 unspecified atom stereocenters. The van der Waals surface area contributed by atoms with Gasteiger partial charge in [0.2, 0.25) is 0 Å². The fourth-order valence-corrected chi connectivity index (χ4v) is 1.30. The van der Waals surface area contributed by atoms with E-state index in [2.05, 4.69) is 5.32 Å². The molecule has 0 saturated carbocycles. The van der Waals surface area contributed by atoms with Gasteiger partial charge in [-0.3, -0.25) is 0 Å². The number of carbonyl (C=O) groups excluding carboxylic acids is 2. The minimum atomic E-state index is -0.840. The first-order chi connectivity index (χ1) is 9.72. The highest BCUT2D eigenvalue weighted by Gasteiger charge is 2.23. The molecule has 1 atom stereocenters. The number of amides is 1. The summed E-state index contributed by atoms with van der Waals surface area (Å²) < 4.78 is 24.3. The van der Waals surface area contributed by atoms with Crippen LogP contribution in [-0.4, -0.2) is 76.3 Å². The maximum absolute atomic E-state index is 11.1. The molecule has 1 heterocycles. The summed E-state index contributed by atoms with van der Waals surface area (Å²) in [6, 6.07) is 0. The smallest absolute Gasteiger partial charge is 0.441 e. The van der Waals surface area contributed by atoms with Crippen LogP contribution in [0.15, 0.2) is 0 Å². The van der Waals surface area contributed by atoms with E-state index in [1.807, 2.05) is 0 Å². The first-order valence-electron chi connectivity index (χ1n) is 6.22. The fraction of sp³-hybridized carbons (Fsp3) is 0.818. The quantitative estimate of drug-likeness (QED) is 0.400. The molecule has 1 aliphatic rings. The average molecular weight is 293 g/mol. The van der Waals surface area contributed by atoms with Gasteiger partial charge in [-0.15, -0.1) is 0 Å². The average Bonchev–Trinajstić information content (AvgIpc) is 2.85. The van der Waals surface area contributed by atoms with Crippen molar-refractivity contribution in [1.82, 2.24) is 5.32 Å². The Hall–Kier alpha value is -1.58. The van der Waals surface area contributed by atoms with Crippen molar-refractivity contribution in [1.29, 1.82) is 0 Å². The molecule has 2 N–H and O–H groups in total. The molecule has 1 fully saturated rings. The SMILES string of the molecule is O=C1NC[C@@H](COC(=O)OCCOCCOCCO)O1. The van der Waals surface area contributed by atoms with E-state index < -0.39 is 18.4 Å².